The zero-order valence-electron chi connectivity index (χ0n) is 15.0. The molecule has 1 heterocycles. The Labute approximate surface area is 155 Å². The van der Waals surface area contributed by atoms with Crippen LogP contribution in [0, 0.1) is 6.92 Å². The zero-order valence-corrected chi connectivity index (χ0v) is 15.8. The highest BCUT2D eigenvalue weighted by molar-refractivity contribution is 7.94. The quantitative estimate of drug-likeness (QED) is 0.676. The first-order valence-corrected chi connectivity index (χ1v) is 8.95. The van der Waals surface area contributed by atoms with E-state index in [1.807, 2.05) is 4.72 Å². The number of aryl methyl sites for hydroxylation is 1. The van der Waals surface area contributed by atoms with E-state index in [4.69, 9.17) is 9.47 Å². The van der Waals surface area contributed by atoms with E-state index in [-0.39, 0.29) is 28.3 Å². The Morgan fingerprint density at radius 2 is 2.00 bits per heavy atom. The fourth-order valence-electron chi connectivity index (χ4n) is 2.15. The molecule has 1 aliphatic rings. The van der Waals surface area contributed by atoms with Gasteiger partial charge in [-0.15, -0.1) is 0 Å². The maximum atomic E-state index is 12.6. The number of aromatic nitrogens is 3. The summed E-state index contributed by atoms with van der Waals surface area (Å²) < 4.78 is 37.0. The summed E-state index contributed by atoms with van der Waals surface area (Å²) >= 11 is 0. The normalized spacial score (nSPS) is 16.4. The number of anilines is 1. The van der Waals surface area contributed by atoms with E-state index >= 15 is 0 Å². The molecule has 0 bridgehead atoms. The fraction of sp³-hybridized carbons (Fsp3) is 0.333. The van der Waals surface area contributed by atoms with Gasteiger partial charge < -0.3 is 9.47 Å². The number of carbonyl (C=O) groups excluding carboxylic acids is 2. The maximum absolute atomic E-state index is 12.6. The average Bonchev–Trinajstić information content (AvgIpc) is 2.65. The molecule has 11 nitrogen and oxygen atoms in total. The molecular formula is C15H17N5O6S. The van der Waals surface area contributed by atoms with Gasteiger partial charge in [0.2, 0.25) is 5.95 Å². The lowest BCUT2D eigenvalue weighted by molar-refractivity contribution is 0.167. The molecular weight excluding hydrogens is 378 g/mol. The minimum absolute atomic E-state index is 0.0148. The SMILES string of the molecule is COc1nc(C)nc(N(C)C(=O)NS(=O)(=O)C2=CC=CC(=C=O)C2OC)n1. The van der Waals surface area contributed by atoms with Gasteiger partial charge in [-0.25, -0.2) is 22.7 Å². The van der Waals surface area contributed by atoms with Crippen molar-refractivity contribution in [1.82, 2.24) is 19.7 Å². The van der Waals surface area contributed by atoms with Crippen LogP contribution in [-0.4, -0.2) is 62.7 Å². The Hall–Kier alpha value is -3.08. The van der Waals surface area contributed by atoms with Crippen molar-refractivity contribution in [2.24, 2.45) is 0 Å². The lowest BCUT2D eigenvalue weighted by Crippen LogP contribution is -2.44. The number of nitrogens with zero attached hydrogens (tertiary/aromatic N) is 4. The minimum atomic E-state index is -4.32. The smallest absolute Gasteiger partial charge is 0.337 e. The summed E-state index contributed by atoms with van der Waals surface area (Å²) in [5, 5.41) is 0. The molecule has 0 radical (unpaired) electrons. The second-order valence-electron chi connectivity index (χ2n) is 5.24. The number of hydrogen-bond donors (Lipinski definition) is 1. The summed E-state index contributed by atoms with van der Waals surface area (Å²) in [6, 6.07) is -1.05. The molecule has 1 atom stereocenters. The standard InChI is InChI=1S/C15H17N5O6S/c1-9-16-13(18-14(17-9)26-4)20(2)15(22)19-27(23,24)11-7-5-6-10(8-21)12(11)25-3/h5-7,12H,1-4H3,(H,19,22). The zero-order chi connectivity index (χ0) is 20.2. The molecule has 12 heteroatoms. The molecule has 0 aliphatic heterocycles. The monoisotopic (exact) mass is 395 g/mol. The Morgan fingerprint density at radius 1 is 1.30 bits per heavy atom. The van der Waals surface area contributed by atoms with Crippen LogP contribution >= 0.6 is 0 Å². The van der Waals surface area contributed by atoms with Crippen LogP contribution in [0.15, 0.2) is 28.7 Å². The number of carbonyl (C=O) groups is 1. The van der Waals surface area contributed by atoms with Crippen molar-refractivity contribution < 1.29 is 27.5 Å². The molecule has 2 amide bonds. The van der Waals surface area contributed by atoms with Crippen LogP contribution in [0.2, 0.25) is 0 Å². The number of methoxy groups -OCH3 is 2. The van der Waals surface area contributed by atoms with Gasteiger partial charge in [0.15, 0.2) is 0 Å². The molecule has 1 aromatic rings. The molecule has 1 aromatic heterocycles. The minimum Gasteiger partial charge on any atom is -0.467 e. The number of allylic oxidation sites excluding steroid dienone is 2. The largest absolute Gasteiger partial charge is 0.467 e. The van der Waals surface area contributed by atoms with Gasteiger partial charge in [-0.2, -0.15) is 15.0 Å². The molecule has 0 fully saturated rings. The van der Waals surface area contributed by atoms with Gasteiger partial charge in [0, 0.05) is 14.2 Å². The molecule has 0 saturated carbocycles. The highest BCUT2D eigenvalue weighted by Crippen LogP contribution is 2.24. The second-order valence-corrected chi connectivity index (χ2v) is 6.92. The predicted octanol–water partition coefficient (Wildman–Crippen LogP) is -0.109. The van der Waals surface area contributed by atoms with E-state index in [0.29, 0.717) is 0 Å². The third-order valence-electron chi connectivity index (χ3n) is 3.46. The lowest BCUT2D eigenvalue weighted by atomic mass is 10.1. The van der Waals surface area contributed by atoms with Crippen LogP contribution in [-0.2, 0) is 19.6 Å². The van der Waals surface area contributed by atoms with Crippen molar-refractivity contribution in [2.45, 2.75) is 13.0 Å². The van der Waals surface area contributed by atoms with Crippen LogP contribution in [0.25, 0.3) is 0 Å². The van der Waals surface area contributed by atoms with E-state index in [1.54, 1.807) is 12.9 Å². The van der Waals surface area contributed by atoms with Crippen LogP contribution in [0.3, 0.4) is 0 Å². The first-order chi connectivity index (χ1) is 12.7. The van der Waals surface area contributed by atoms with Crippen LogP contribution < -0.4 is 14.4 Å². The van der Waals surface area contributed by atoms with Crippen molar-refractivity contribution >= 4 is 27.9 Å². The number of ether oxygens (including phenoxy) is 2. The number of sulfonamides is 1. The molecule has 1 unspecified atom stereocenters. The van der Waals surface area contributed by atoms with Gasteiger partial charge in [0.25, 0.3) is 10.0 Å². The van der Waals surface area contributed by atoms with E-state index in [2.05, 4.69) is 15.0 Å². The third-order valence-corrected chi connectivity index (χ3v) is 4.88. The first-order valence-electron chi connectivity index (χ1n) is 7.46. The first kappa shape index (κ1) is 20.2. The molecule has 27 heavy (non-hydrogen) atoms. The Balaban J connectivity index is 2.28. The van der Waals surface area contributed by atoms with Crippen molar-refractivity contribution in [3.8, 4) is 6.01 Å². The van der Waals surface area contributed by atoms with Crippen LogP contribution in [0.5, 0.6) is 6.01 Å². The van der Waals surface area contributed by atoms with Gasteiger partial charge in [0.1, 0.15) is 17.9 Å². The summed E-state index contributed by atoms with van der Waals surface area (Å²) in [6.45, 7) is 1.56. The van der Waals surface area contributed by atoms with E-state index in [0.717, 1.165) is 4.90 Å². The van der Waals surface area contributed by atoms with E-state index < -0.39 is 22.2 Å². The highest BCUT2D eigenvalue weighted by atomic mass is 32.2. The second kappa shape index (κ2) is 8.08. The summed E-state index contributed by atoms with van der Waals surface area (Å²) in [4.78, 5) is 35.7. The molecule has 0 aromatic carbocycles. The van der Waals surface area contributed by atoms with Gasteiger partial charge in [-0.1, -0.05) is 6.08 Å². The molecule has 2 rings (SSSR count). The summed E-state index contributed by atoms with van der Waals surface area (Å²) in [5.41, 5.74) is -0.0148. The van der Waals surface area contributed by atoms with Crippen LogP contribution in [0.4, 0.5) is 10.7 Å². The number of amides is 2. The third kappa shape index (κ3) is 4.37. The molecule has 0 spiro atoms. The van der Waals surface area contributed by atoms with Crippen molar-refractivity contribution in [2.75, 3.05) is 26.2 Å². The Morgan fingerprint density at radius 3 is 2.59 bits per heavy atom. The number of nitrogens with one attached hydrogen (secondary N) is 1. The summed E-state index contributed by atoms with van der Waals surface area (Å²) in [6.07, 6.45) is 2.76. The van der Waals surface area contributed by atoms with E-state index in [1.165, 1.54) is 39.5 Å². The van der Waals surface area contributed by atoms with Crippen LogP contribution in [0.1, 0.15) is 5.82 Å². The number of hydrogen-bond acceptors (Lipinski definition) is 9. The maximum Gasteiger partial charge on any atom is 0.337 e. The van der Waals surface area contributed by atoms with Crippen molar-refractivity contribution in [1.29, 1.82) is 0 Å². The van der Waals surface area contributed by atoms with Gasteiger partial charge in [0.05, 0.1) is 17.6 Å². The average molecular weight is 395 g/mol. The molecule has 144 valence electrons. The highest BCUT2D eigenvalue weighted by Gasteiger charge is 2.33. The van der Waals surface area contributed by atoms with Crippen molar-refractivity contribution in [3.63, 3.8) is 0 Å². The Kier molecular flexibility index (Phi) is 6.05. The van der Waals surface area contributed by atoms with Gasteiger partial charge >= 0.3 is 12.0 Å². The molecule has 1 N–H and O–H groups in total. The number of urea groups is 1. The summed E-state index contributed by atoms with van der Waals surface area (Å²) in [5.74, 6) is 1.78. The predicted molar refractivity (Wildman–Crippen MR) is 94.2 cm³/mol. The fourth-order valence-corrected chi connectivity index (χ4v) is 3.40. The van der Waals surface area contributed by atoms with E-state index in [9.17, 15) is 18.0 Å². The van der Waals surface area contributed by atoms with Gasteiger partial charge in [-0.3, -0.25) is 4.90 Å². The Bertz CT molecular complexity index is 965. The molecule has 1 aliphatic carbocycles. The molecule has 0 saturated heterocycles. The van der Waals surface area contributed by atoms with Gasteiger partial charge in [-0.05, 0) is 19.1 Å². The topological polar surface area (TPSA) is 141 Å². The lowest BCUT2D eigenvalue weighted by Gasteiger charge is -2.22. The summed E-state index contributed by atoms with van der Waals surface area (Å²) in [7, 11) is -0.471. The number of rotatable bonds is 5. The van der Waals surface area contributed by atoms with Crippen molar-refractivity contribution in [3.05, 3.63) is 34.5 Å².